The molecule has 1 saturated heterocycles. The van der Waals surface area contributed by atoms with Gasteiger partial charge in [-0.2, -0.15) is 0 Å². The van der Waals surface area contributed by atoms with Crippen LogP contribution in [-0.2, 0) is 4.74 Å². The third kappa shape index (κ3) is 6.02. The van der Waals surface area contributed by atoms with Gasteiger partial charge in [-0.3, -0.25) is 4.79 Å². The third-order valence-electron chi connectivity index (χ3n) is 7.53. The highest BCUT2D eigenvalue weighted by atomic mass is 19.1. The standard InChI is InChI=1S/C27H39FN2O4/c1-26(2,3)34-25(32)30-13-11-27(12-14-30)17-19(18-27)6-5-15-33-21-9-10-22(23(28)16-21)24(31)29(4)20-7-8-20/h9-10,16,19-20H,5-8,11-15,17-18H2,1-4H3. The number of carbonyl (C=O) groups is 2. The fraction of sp³-hybridized carbons (Fsp3) is 0.704. The molecule has 6 nitrogen and oxygen atoms in total. The molecule has 4 rings (SSSR count). The highest BCUT2D eigenvalue weighted by Gasteiger charge is 2.46. The fourth-order valence-electron chi connectivity index (χ4n) is 5.41. The highest BCUT2D eigenvalue weighted by molar-refractivity contribution is 5.94. The van der Waals surface area contributed by atoms with Gasteiger partial charge in [0.05, 0.1) is 12.2 Å². The minimum absolute atomic E-state index is 0.110. The first-order valence-corrected chi connectivity index (χ1v) is 12.7. The first-order valence-electron chi connectivity index (χ1n) is 12.7. The van der Waals surface area contributed by atoms with Gasteiger partial charge in [-0.1, -0.05) is 0 Å². The van der Waals surface area contributed by atoms with Crippen molar-refractivity contribution in [2.75, 3.05) is 26.7 Å². The smallest absolute Gasteiger partial charge is 0.410 e. The van der Waals surface area contributed by atoms with Crippen molar-refractivity contribution in [3.05, 3.63) is 29.6 Å². The average Bonchev–Trinajstić information content (AvgIpc) is 3.59. The number of benzene rings is 1. The topological polar surface area (TPSA) is 59.1 Å². The summed E-state index contributed by atoms with van der Waals surface area (Å²) in [5.74, 6) is 0.394. The van der Waals surface area contributed by atoms with Crippen LogP contribution in [0.1, 0.15) is 82.5 Å². The Balaban J connectivity index is 1.13. The van der Waals surface area contributed by atoms with E-state index in [2.05, 4.69) is 0 Å². The molecule has 7 heteroatoms. The summed E-state index contributed by atoms with van der Waals surface area (Å²) >= 11 is 0. The van der Waals surface area contributed by atoms with Crippen LogP contribution < -0.4 is 4.74 Å². The van der Waals surface area contributed by atoms with E-state index in [0.717, 1.165) is 51.6 Å². The summed E-state index contributed by atoms with van der Waals surface area (Å²) in [7, 11) is 1.73. The molecule has 0 aromatic heterocycles. The van der Waals surface area contributed by atoms with E-state index in [1.165, 1.54) is 25.0 Å². The van der Waals surface area contributed by atoms with Crippen LogP contribution in [0.4, 0.5) is 9.18 Å². The van der Waals surface area contributed by atoms with Crippen LogP contribution in [0.25, 0.3) is 0 Å². The number of amides is 2. The van der Waals surface area contributed by atoms with Crippen LogP contribution in [0, 0.1) is 17.2 Å². The second-order valence-corrected chi connectivity index (χ2v) is 11.5. The van der Waals surface area contributed by atoms with Crippen LogP contribution in [0.5, 0.6) is 5.75 Å². The molecule has 3 fully saturated rings. The van der Waals surface area contributed by atoms with Crippen molar-refractivity contribution < 1.29 is 23.5 Å². The third-order valence-corrected chi connectivity index (χ3v) is 7.53. The Labute approximate surface area is 202 Å². The zero-order chi connectivity index (χ0) is 24.5. The SMILES string of the molecule is CN(C(=O)c1ccc(OCCCC2CC3(CCN(C(=O)OC(C)(C)C)CC3)C2)cc1F)C1CC1. The predicted octanol–water partition coefficient (Wildman–Crippen LogP) is 5.65. The molecule has 1 spiro atoms. The molecule has 0 atom stereocenters. The van der Waals surface area contributed by atoms with Gasteiger partial charge in [0, 0.05) is 32.2 Å². The summed E-state index contributed by atoms with van der Waals surface area (Å²) < 4.78 is 25.7. The molecule has 3 aliphatic rings. The minimum Gasteiger partial charge on any atom is -0.493 e. The first kappa shape index (κ1) is 24.8. The van der Waals surface area contributed by atoms with Gasteiger partial charge in [0.2, 0.25) is 0 Å². The molecule has 1 aromatic carbocycles. The average molecular weight is 475 g/mol. The van der Waals surface area contributed by atoms with Gasteiger partial charge in [-0.25, -0.2) is 9.18 Å². The number of hydrogen-bond acceptors (Lipinski definition) is 4. The second-order valence-electron chi connectivity index (χ2n) is 11.5. The van der Waals surface area contributed by atoms with Crippen molar-refractivity contribution in [2.45, 2.75) is 83.8 Å². The number of carbonyl (C=O) groups excluding carboxylic acids is 2. The number of hydrogen-bond donors (Lipinski definition) is 0. The highest BCUT2D eigenvalue weighted by Crippen LogP contribution is 2.54. The molecule has 1 heterocycles. The van der Waals surface area contributed by atoms with Crippen LogP contribution in [0.2, 0.25) is 0 Å². The number of likely N-dealkylation sites (tertiary alicyclic amines) is 1. The largest absolute Gasteiger partial charge is 0.493 e. The van der Waals surface area contributed by atoms with Crippen molar-refractivity contribution in [3.8, 4) is 5.75 Å². The molecule has 2 aliphatic carbocycles. The normalized spacial score (nSPS) is 20.1. The van der Waals surface area contributed by atoms with E-state index >= 15 is 0 Å². The number of piperidine rings is 1. The van der Waals surface area contributed by atoms with E-state index in [4.69, 9.17) is 9.47 Å². The van der Waals surface area contributed by atoms with Crippen molar-refractivity contribution in [2.24, 2.45) is 11.3 Å². The number of nitrogens with zero attached hydrogens (tertiary/aromatic N) is 2. The van der Waals surface area contributed by atoms with Crippen molar-refractivity contribution in [1.82, 2.24) is 9.80 Å². The minimum atomic E-state index is -0.520. The van der Waals surface area contributed by atoms with Crippen LogP contribution >= 0.6 is 0 Å². The summed E-state index contributed by atoms with van der Waals surface area (Å²) in [6.07, 6.45) is 8.37. The lowest BCUT2D eigenvalue weighted by atomic mass is 9.56. The van der Waals surface area contributed by atoms with Crippen molar-refractivity contribution in [3.63, 3.8) is 0 Å². The zero-order valence-corrected chi connectivity index (χ0v) is 21.1. The summed E-state index contributed by atoms with van der Waals surface area (Å²) in [6.45, 7) is 7.81. The molecule has 0 N–H and O–H groups in total. The Hall–Kier alpha value is -2.31. The van der Waals surface area contributed by atoms with E-state index in [1.54, 1.807) is 18.0 Å². The van der Waals surface area contributed by atoms with Gasteiger partial charge in [0.25, 0.3) is 5.91 Å². The Morgan fingerprint density at radius 3 is 2.44 bits per heavy atom. The van der Waals surface area contributed by atoms with Gasteiger partial charge in [0.1, 0.15) is 17.2 Å². The Kier molecular flexibility index (Phi) is 7.11. The van der Waals surface area contributed by atoms with E-state index in [1.807, 2.05) is 25.7 Å². The zero-order valence-electron chi connectivity index (χ0n) is 21.1. The lowest BCUT2D eigenvalue weighted by Gasteiger charge is -2.52. The molecule has 0 unspecified atom stereocenters. The van der Waals surface area contributed by atoms with Gasteiger partial charge in [0.15, 0.2) is 0 Å². The lowest BCUT2D eigenvalue weighted by Crippen LogP contribution is -2.49. The number of halogens is 1. The maximum Gasteiger partial charge on any atom is 0.410 e. The molecular formula is C27H39FN2O4. The molecule has 0 bridgehead atoms. The molecule has 2 amide bonds. The van der Waals surface area contributed by atoms with E-state index in [0.29, 0.717) is 23.7 Å². The van der Waals surface area contributed by atoms with Gasteiger partial charge >= 0.3 is 6.09 Å². The summed E-state index contributed by atoms with van der Waals surface area (Å²) in [6, 6.07) is 4.80. The van der Waals surface area contributed by atoms with Gasteiger partial charge < -0.3 is 19.3 Å². The van der Waals surface area contributed by atoms with E-state index in [9.17, 15) is 14.0 Å². The fourth-order valence-corrected chi connectivity index (χ4v) is 5.41. The monoisotopic (exact) mass is 474 g/mol. The van der Waals surface area contributed by atoms with Crippen LogP contribution in [0.15, 0.2) is 18.2 Å². The number of ether oxygens (including phenoxy) is 2. The lowest BCUT2D eigenvalue weighted by molar-refractivity contribution is -0.0301. The van der Waals surface area contributed by atoms with E-state index in [-0.39, 0.29) is 23.6 Å². The quantitative estimate of drug-likeness (QED) is 0.480. The first-order chi connectivity index (χ1) is 16.1. The Morgan fingerprint density at radius 1 is 1.18 bits per heavy atom. The molecule has 2 saturated carbocycles. The van der Waals surface area contributed by atoms with Crippen molar-refractivity contribution >= 4 is 12.0 Å². The van der Waals surface area contributed by atoms with Gasteiger partial charge in [-0.15, -0.1) is 0 Å². The summed E-state index contributed by atoms with van der Waals surface area (Å²) in [5.41, 5.74) is 0.0519. The van der Waals surface area contributed by atoms with Crippen LogP contribution in [0.3, 0.4) is 0 Å². The van der Waals surface area contributed by atoms with Gasteiger partial charge in [-0.05, 0) is 95.6 Å². The number of rotatable bonds is 7. The molecule has 188 valence electrons. The summed E-state index contributed by atoms with van der Waals surface area (Å²) in [4.78, 5) is 28.1. The second kappa shape index (κ2) is 9.74. The molecule has 0 radical (unpaired) electrons. The Morgan fingerprint density at radius 2 is 1.85 bits per heavy atom. The van der Waals surface area contributed by atoms with Crippen LogP contribution in [-0.4, -0.2) is 60.2 Å². The predicted molar refractivity (Wildman–Crippen MR) is 128 cm³/mol. The maximum atomic E-state index is 14.4. The van der Waals surface area contributed by atoms with E-state index < -0.39 is 11.4 Å². The maximum absolute atomic E-state index is 14.4. The molecule has 34 heavy (non-hydrogen) atoms. The molecular weight excluding hydrogens is 435 g/mol. The van der Waals surface area contributed by atoms with Crippen molar-refractivity contribution in [1.29, 1.82) is 0 Å². The molecule has 1 aliphatic heterocycles. The Bertz CT molecular complexity index is 892. The summed E-state index contributed by atoms with van der Waals surface area (Å²) in [5, 5.41) is 0. The molecule has 1 aromatic rings.